The van der Waals surface area contributed by atoms with E-state index in [2.05, 4.69) is 59.4 Å². The highest BCUT2D eigenvalue weighted by Gasteiger charge is 2.54. The lowest BCUT2D eigenvalue weighted by molar-refractivity contribution is -0.191. The number of carbonyl (C=O) groups excluding carboxylic acids is 1. The second-order valence-corrected chi connectivity index (χ2v) is 24.5. The van der Waals surface area contributed by atoms with Gasteiger partial charge in [-0.05, 0) is 97.9 Å². The molecule has 6 nitrogen and oxygen atoms in total. The Kier molecular flexibility index (Phi) is 12.9. The first-order valence-corrected chi connectivity index (χ1v) is 21.5. The first-order valence-electron chi connectivity index (χ1n) is 15.3. The van der Waals surface area contributed by atoms with E-state index in [1.54, 1.807) is 18.2 Å². The third kappa shape index (κ3) is 10.6. The van der Waals surface area contributed by atoms with Gasteiger partial charge >= 0.3 is 5.97 Å². The van der Waals surface area contributed by atoms with Crippen LogP contribution in [0.5, 0.6) is 5.75 Å². The van der Waals surface area contributed by atoms with Crippen molar-refractivity contribution in [3.8, 4) is 5.75 Å². The molecule has 0 unspecified atom stereocenters. The summed E-state index contributed by atoms with van der Waals surface area (Å²) in [7, 11) is -5.04. The molecule has 0 radical (unpaired) electrons. The molecule has 0 amide bonds. The summed E-state index contributed by atoms with van der Waals surface area (Å²) < 4.78 is 18.9. The van der Waals surface area contributed by atoms with Crippen molar-refractivity contribution in [2.75, 3.05) is 6.61 Å². The molecule has 1 aromatic rings. The second kappa shape index (κ2) is 14.9. The maximum Gasteiger partial charge on any atom is 0.362 e. The van der Waals surface area contributed by atoms with E-state index < -0.39 is 28.4 Å². The van der Waals surface area contributed by atoms with E-state index in [9.17, 15) is 14.7 Å². The van der Waals surface area contributed by atoms with Gasteiger partial charge in [0, 0.05) is 23.8 Å². The van der Waals surface area contributed by atoms with Gasteiger partial charge in [0.05, 0.1) is 6.61 Å². The van der Waals surface area contributed by atoms with Gasteiger partial charge in [-0.2, -0.15) is 0 Å². The van der Waals surface area contributed by atoms with E-state index in [1.807, 2.05) is 44.4 Å². The fourth-order valence-electron chi connectivity index (χ4n) is 4.40. The van der Waals surface area contributed by atoms with Crippen LogP contribution in [0.2, 0.25) is 41.3 Å². The van der Waals surface area contributed by atoms with Crippen LogP contribution in [0.3, 0.4) is 0 Å². The predicted molar refractivity (Wildman–Crippen MR) is 181 cm³/mol. The number of carboxylic acid groups (broad SMARTS) is 1. The molecule has 43 heavy (non-hydrogen) atoms. The minimum atomic E-state index is -2.52. The number of rotatable bonds is 14. The Morgan fingerprint density at radius 2 is 1.56 bits per heavy atom. The van der Waals surface area contributed by atoms with Crippen molar-refractivity contribution in [3.05, 3.63) is 59.3 Å². The van der Waals surface area contributed by atoms with Gasteiger partial charge in [0.2, 0.25) is 0 Å². The van der Waals surface area contributed by atoms with Gasteiger partial charge in [0.15, 0.2) is 16.6 Å². The monoisotopic (exact) mass is 648 g/mol. The Bertz CT molecular complexity index is 1160. The molecular formula is C34H53ClO6Si2. The van der Waals surface area contributed by atoms with Gasteiger partial charge < -0.3 is 18.7 Å². The third-order valence-electron chi connectivity index (χ3n) is 9.16. The number of Topliss-reactive ketones (excluding diaryl/α,β-unsaturated/α-hetero) is 1. The molecule has 1 saturated carbocycles. The van der Waals surface area contributed by atoms with Crippen molar-refractivity contribution in [2.45, 2.75) is 116 Å². The summed E-state index contributed by atoms with van der Waals surface area (Å²) in [5.74, 6) is -1.81. The number of hydrogen-bond donors (Lipinski definition) is 1. The van der Waals surface area contributed by atoms with E-state index in [0.29, 0.717) is 24.5 Å². The Hall–Kier alpha value is -1.94. The number of allylic oxidation sites excluding steroid dienone is 1. The maximum absolute atomic E-state index is 12.9. The molecule has 240 valence electrons. The van der Waals surface area contributed by atoms with Crippen LogP contribution in [0.1, 0.15) is 73.6 Å². The standard InChI is InChI=1S/C34H53ClO6Si2/c1-32(2,3)42(7,8)40-34(31(37)38,41-43(9,10)33(4,5)6)24-14-11-12-17-29-26(18-23-30(29)36)16-13-15-25-39-28-21-19-27(35)20-22-28/h12-14,16,19-22,26,29H,15,17-18,23-25H2,1-10H3,(H,37,38)/b16-13+/t11?,26-,29+/m0/s1. The molecule has 0 bridgehead atoms. The van der Waals surface area contributed by atoms with Gasteiger partial charge in [0.1, 0.15) is 11.5 Å². The molecule has 2 atom stereocenters. The lowest BCUT2D eigenvalue weighted by Gasteiger charge is -2.48. The summed E-state index contributed by atoms with van der Waals surface area (Å²) in [4.78, 5) is 25.6. The Balaban J connectivity index is 2.13. The zero-order valence-electron chi connectivity index (χ0n) is 27.9. The minimum Gasteiger partial charge on any atom is -0.493 e. The zero-order valence-corrected chi connectivity index (χ0v) is 30.6. The maximum atomic E-state index is 12.9. The molecule has 1 fully saturated rings. The molecule has 0 spiro atoms. The average Bonchev–Trinajstić information content (AvgIpc) is 3.21. The quantitative estimate of drug-likeness (QED) is 0.0711. The van der Waals surface area contributed by atoms with E-state index in [0.717, 1.165) is 18.6 Å². The van der Waals surface area contributed by atoms with E-state index in [-0.39, 0.29) is 34.1 Å². The van der Waals surface area contributed by atoms with Crippen LogP contribution < -0.4 is 4.74 Å². The highest BCUT2D eigenvalue weighted by molar-refractivity contribution is 6.75. The highest BCUT2D eigenvalue weighted by Crippen LogP contribution is 2.45. The second-order valence-electron chi connectivity index (χ2n) is 14.6. The molecule has 0 aliphatic heterocycles. The van der Waals surface area contributed by atoms with Crippen LogP contribution in [0.15, 0.2) is 54.3 Å². The van der Waals surface area contributed by atoms with Gasteiger partial charge in [-0.15, -0.1) is 5.73 Å². The van der Waals surface area contributed by atoms with Crippen LogP contribution in [-0.4, -0.2) is 45.9 Å². The van der Waals surface area contributed by atoms with Crippen molar-refractivity contribution in [2.24, 2.45) is 11.8 Å². The lowest BCUT2D eigenvalue weighted by atomic mass is 9.91. The number of ketones is 1. The van der Waals surface area contributed by atoms with Crippen LogP contribution in [0.4, 0.5) is 0 Å². The van der Waals surface area contributed by atoms with Crippen LogP contribution >= 0.6 is 11.6 Å². The molecule has 0 saturated heterocycles. The zero-order chi connectivity index (χ0) is 32.7. The fourth-order valence-corrected chi connectivity index (χ4v) is 7.29. The molecule has 1 aliphatic carbocycles. The number of benzene rings is 1. The number of aliphatic carboxylic acids is 1. The van der Waals surface area contributed by atoms with Gasteiger partial charge in [0.25, 0.3) is 5.79 Å². The normalized spacial score (nSPS) is 18.5. The SMILES string of the molecule is CC(C)(C)[Si](C)(C)OC(CC=C=CC[C@H]1C(=O)CC[C@@H]1/C=C/CCOc1ccc(Cl)cc1)(O[Si](C)(C)C(C)(C)C)C(=O)O. The molecule has 2 rings (SSSR count). The molecule has 1 aromatic carbocycles. The van der Waals surface area contributed by atoms with Crippen molar-refractivity contribution >= 4 is 40.0 Å². The molecular weight excluding hydrogens is 596 g/mol. The van der Waals surface area contributed by atoms with Crippen LogP contribution in [0.25, 0.3) is 0 Å². The van der Waals surface area contributed by atoms with Crippen molar-refractivity contribution in [3.63, 3.8) is 0 Å². The largest absolute Gasteiger partial charge is 0.493 e. The van der Waals surface area contributed by atoms with Crippen molar-refractivity contribution in [1.82, 2.24) is 0 Å². The summed E-state index contributed by atoms with van der Waals surface area (Å²) >= 11 is 5.92. The molecule has 0 heterocycles. The van der Waals surface area contributed by atoms with Gasteiger partial charge in [-0.1, -0.05) is 65.3 Å². The summed E-state index contributed by atoms with van der Waals surface area (Å²) in [6, 6.07) is 7.29. The average molecular weight is 649 g/mol. The van der Waals surface area contributed by atoms with Crippen LogP contribution in [0, 0.1) is 11.8 Å². The smallest absolute Gasteiger partial charge is 0.362 e. The Labute approximate surface area is 266 Å². The fraction of sp³-hybridized carbons (Fsp3) is 0.618. The topological polar surface area (TPSA) is 82.1 Å². The first-order chi connectivity index (χ1) is 19.7. The molecule has 1 aliphatic rings. The molecule has 1 N–H and O–H groups in total. The molecule has 9 heteroatoms. The number of hydrogen-bond acceptors (Lipinski definition) is 5. The van der Waals surface area contributed by atoms with E-state index in [4.69, 9.17) is 25.2 Å². The highest BCUT2D eigenvalue weighted by atomic mass is 35.5. The van der Waals surface area contributed by atoms with E-state index >= 15 is 0 Å². The number of carboxylic acids is 1. The number of carbonyl (C=O) groups is 2. The van der Waals surface area contributed by atoms with Crippen molar-refractivity contribution < 1.29 is 28.3 Å². The number of halogens is 1. The predicted octanol–water partition coefficient (Wildman–Crippen LogP) is 9.58. The summed E-state index contributed by atoms with van der Waals surface area (Å²) in [6.45, 7) is 21.2. The van der Waals surface area contributed by atoms with E-state index in [1.165, 1.54) is 0 Å². The minimum absolute atomic E-state index is 0.0351. The summed E-state index contributed by atoms with van der Waals surface area (Å²) in [5, 5.41) is 10.8. The van der Waals surface area contributed by atoms with Crippen molar-refractivity contribution in [1.29, 1.82) is 0 Å². The Morgan fingerprint density at radius 1 is 1.00 bits per heavy atom. The van der Waals surface area contributed by atoms with Gasteiger partial charge in [-0.3, -0.25) is 4.79 Å². The first kappa shape index (κ1) is 37.3. The third-order valence-corrected chi connectivity index (χ3v) is 18.3. The van der Waals surface area contributed by atoms with Crippen LogP contribution in [-0.2, 0) is 18.4 Å². The van der Waals surface area contributed by atoms with Gasteiger partial charge in [-0.25, -0.2) is 4.79 Å². The number of ether oxygens (including phenoxy) is 1. The molecule has 0 aromatic heterocycles. The Morgan fingerprint density at radius 3 is 2.07 bits per heavy atom. The lowest BCUT2D eigenvalue weighted by Crippen LogP contribution is -2.60. The summed E-state index contributed by atoms with van der Waals surface area (Å²) in [6.07, 6.45) is 10.5. The summed E-state index contributed by atoms with van der Waals surface area (Å²) in [5.41, 5.74) is 3.16.